The molecular formula is C28H19F9N2O2. The minimum Gasteiger partial charge on any atom is -0.453 e. The molecule has 0 saturated carbocycles. The molecule has 0 fully saturated rings. The van der Waals surface area contributed by atoms with Crippen LogP contribution in [-0.4, -0.2) is 23.1 Å². The summed E-state index contributed by atoms with van der Waals surface area (Å²) in [7, 11) is 0.920. The molecule has 0 spiro atoms. The third-order valence-electron chi connectivity index (χ3n) is 6.15. The van der Waals surface area contributed by atoms with Crippen molar-refractivity contribution in [1.82, 2.24) is 9.88 Å². The number of carbonyl (C=O) groups excluding carboxylic acids is 1. The van der Waals surface area contributed by atoms with E-state index in [-0.39, 0.29) is 17.2 Å². The standard InChI is InChI=1S/C28H19F9N2O2/c1-41-25(40)39(14-16-8-21(27(32,33)34)12-22(9-16)28(35,36)37)15-19-11-20(26(29,30)31)6-7-23(19)18-10-17-4-2-3-5-24(17)38-13-18/h2-13H,14-15H2,1H3. The first-order valence-electron chi connectivity index (χ1n) is 11.7. The van der Waals surface area contributed by atoms with Gasteiger partial charge in [0.1, 0.15) is 0 Å². The fourth-order valence-corrected chi connectivity index (χ4v) is 4.25. The molecule has 41 heavy (non-hydrogen) atoms. The molecule has 1 amide bonds. The van der Waals surface area contributed by atoms with Crippen LogP contribution in [0.3, 0.4) is 0 Å². The van der Waals surface area contributed by atoms with Crippen molar-refractivity contribution in [3.05, 3.63) is 101 Å². The average Bonchev–Trinajstić information content (AvgIpc) is 2.90. The zero-order valence-electron chi connectivity index (χ0n) is 21.0. The number of amides is 1. The topological polar surface area (TPSA) is 42.4 Å². The van der Waals surface area contributed by atoms with Crippen molar-refractivity contribution in [3.63, 3.8) is 0 Å². The number of fused-ring (bicyclic) bond motifs is 1. The average molecular weight is 586 g/mol. The van der Waals surface area contributed by atoms with E-state index in [1.165, 1.54) is 6.20 Å². The predicted octanol–water partition coefficient (Wildman–Crippen LogP) is 8.73. The van der Waals surface area contributed by atoms with Gasteiger partial charge in [0.2, 0.25) is 0 Å². The van der Waals surface area contributed by atoms with Gasteiger partial charge in [-0.25, -0.2) is 4.79 Å². The molecule has 216 valence electrons. The summed E-state index contributed by atoms with van der Waals surface area (Å²) in [6, 6.07) is 12.1. The Morgan fingerprint density at radius 3 is 1.95 bits per heavy atom. The van der Waals surface area contributed by atoms with Crippen molar-refractivity contribution in [2.75, 3.05) is 7.11 Å². The maximum atomic E-state index is 13.6. The van der Waals surface area contributed by atoms with E-state index in [9.17, 15) is 44.3 Å². The van der Waals surface area contributed by atoms with Gasteiger partial charge in [0, 0.05) is 30.2 Å². The lowest BCUT2D eigenvalue weighted by Crippen LogP contribution is -2.30. The number of halogens is 9. The van der Waals surface area contributed by atoms with Gasteiger partial charge in [-0.1, -0.05) is 24.3 Å². The molecule has 0 radical (unpaired) electrons. The summed E-state index contributed by atoms with van der Waals surface area (Å²) in [5.41, 5.74) is -3.74. The molecule has 0 aliphatic heterocycles. The third kappa shape index (κ3) is 6.90. The van der Waals surface area contributed by atoms with Gasteiger partial charge in [0.05, 0.1) is 29.3 Å². The molecule has 0 saturated heterocycles. The van der Waals surface area contributed by atoms with Crippen molar-refractivity contribution in [3.8, 4) is 11.1 Å². The Balaban J connectivity index is 1.81. The SMILES string of the molecule is COC(=O)N(Cc1cc(C(F)(F)F)cc(C(F)(F)F)c1)Cc1cc(C(F)(F)F)ccc1-c1cnc2ccccc2c1. The van der Waals surface area contributed by atoms with E-state index in [4.69, 9.17) is 0 Å². The van der Waals surface area contributed by atoms with E-state index >= 15 is 0 Å². The van der Waals surface area contributed by atoms with Gasteiger partial charge in [-0.05, 0) is 59.2 Å². The summed E-state index contributed by atoms with van der Waals surface area (Å²) in [5, 5.41) is 0.657. The van der Waals surface area contributed by atoms with Crippen LogP contribution in [0.25, 0.3) is 22.0 Å². The number of methoxy groups -OCH3 is 1. The Hall–Kier alpha value is -4.29. The van der Waals surface area contributed by atoms with Crippen molar-refractivity contribution >= 4 is 17.0 Å². The number of ether oxygens (including phenoxy) is 1. The molecule has 1 aromatic heterocycles. The zero-order chi connectivity index (χ0) is 30.2. The largest absolute Gasteiger partial charge is 0.453 e. The van der Waals surface area contributed by atoms with Crippen LogP contribution < -0.4 is 0 Å². The Morgan fingerprint density at radius 2 is 1.37 bits per heavy atom. The molecule has 1 heterocycles. The van der Waals surface area contributed by atoms with Crippen LogP contribution in [0, 0.1) is 0 Å². The first-order chi connectivity index (χ1) is 19.1. The lowest BCUT2D eigenvalue weighted by Gasteiger charge is -2.24. The Kier molecular flexibility index (Phi) is 7.92. The second-order valence-corrected chi connectivity index (χ2v) is 9.03. The lowest BCUT2D eigenvalue weighted by atomic mass is 9.96. The molecule has 0 aliphatic carbocycles. The van der Waals surface area contributed by atoms with Gasteiger partial charge in [0.25, 0.3) is 0 Å². The lowest BCUT2D eigenvalue weighted by molar-refractivity contribution is -0.143. The van der Waals surface area contributed by atoms with Crippen molar-refractivity contribution in [2.24, 2.45) is 0 Å². The molecule has 0 bridgehead atoms. The van der Waals surface area contributed by atoms with Crippen LogP contribution >= 0.6 is 0 Å². The highest BCUT2D eigenvalue weighted by atomic mass is 19.4. The molecule has 4 rings (SSSR count). The molecule has 13 heteroatoms. The van der Waals surface area contributed by atoms with Crippen LogP contribution in [0.2, 0.25) is 0 Å². The molecule has 0 aliphatic rings. The number of hydrogen-bond donors (Lipinski definition) is 0. The summed E-state index contributed by atoms with van der Waals surface area (Å²) >= 11 is 0. The molecule has 4 nitrogen and oxygen atoms in total. The molecule has 4 aromatic rings. The predicted molar refractivity (Wildman–Crippen MR) is 130 cm³/mol. The van der Waals surface area contributed by atoms with Crippen LogP contribution in [0.4, 0.5) is 44.3 Å². The van der Waals surface area contributed by atoms with Crippen molar-refractivity contribution in [1.29, 1.82) is 0 Å². The number of carbonyl (C=O) groups is 1. The molecule has 0 atom stereocenters. The number of pyridine rings is 1. The molecule has 0 N–H and O–H groups in total. The number of aromatic nitrogens is 1. The highest BCUT2D eigenvalue weighted by molar-refractivity contribution is 5.84. The quantitative estimate of drug-likeness (QED) is 0.220. The number of hydrogen-bond acceptors (Lipinski definition) is 3. The smallest absolute Gasteiger partial charge is 0.416 e. The number of alkyl halides is 9. The molecular weight excluding hydrogens is 567 g/mol. The van der Waals surface area contributed by atoms with Gasteiger partial charge in [-0.2, -0.15) is 39.5 Å². The minimum atomic E-state index is -5.14. The Bertz CT molecular complexity index is 1550. The summed E-state index contributed by atoms with van der Waals surface area (Å²) in [6.45, 7) is -1.47. The van der Waals surface area contributed by atoms with Crippen LogP contribution in [0.1, 0.15) is 27.8 Å². The van der Waals surface area contributed by atoms with Crippen LogP contribution in [0.15, 0.2) is 72.9 Å². The van der Waals surface area contributed by atoms with E-state index < -0.39 is 60.0 Å². The maximum Gasteiger partial charge on any atom is 0.416 e. The number of para-hydroxylation sites is 1. The number of nitrogens with zero attached hydrogens (tertiary/aromatic N) is 2. The van der Waals surface area contributed by atoms with Crippen LogP contribution in [-0.2, 0) is 36.4 Å². The fraction of sp³-hybridized carbons (Fsp3) is 0.214. The first-order valence-corrected chi connectivity index (χ1v) is 11.7. The molecule has 0 unspecified atom stereocenters. The summed E-state index contributed by atoms with van der Waals surface area (Å²) in [6.07, 6.45) is -14.8. The highest BCUT2D eigenvalue weighted by Gasteiger charge is 2.37. The van der Waals surface area contributed by atoms with E-state index in [1.807, 2.05) is 0 Å². The second-order valence-electron chi connectivity index (χ2n) is 9.03. The van der Waals surface area contributed by atoms with E-state index in [0.29, 0.717) is 33.5 Å². The van der Waals surface area contributed by atoms with Gasteiger partial charge in [-0.3, -0.25) is 9.88 Å². The van der Waals surface area contributed by atoms with Crippen molar-refractivity contribution < 1.29 is 49.0 Å². The maximum absolute atomic E-state index is 13.6. The Labute approximate surface area is 227 Å². The van der Waals surface area contributed by atoms with Gasteiger partial charge >= 0.3 is 24.6 Å². The van der Waals surface area contributed by atoms with Gasteiger partial charge < -0.3 is 4.74 Å². The highest BCUT2D eigenvalue weighted by Crippen LogP contribution is 2.38. The minimum absolute atomic E-state index is 0.0659. The van der Waals surface area contributed by atoms with E-state index in [1.54, 1.807) is 30.3 Å². The molecule has 3 aromatic carbocycles. The fourth-order valence-electron chi connectivity index (χ4n) is 4.25. The van der Waals surface area contributed by atoms with Crippen LogP contribution in [0.5, 0.6) is 0 Å². The van der Waals surface area contributed by atoms with Gasteiger partial charge in [0.15, 0.2) is 0 Å². The Morgan fingerprint density at radius 1 is 0.756 bits per heavy atom. The van der Waals surface area contributed by atoms with Crippen molar-refractivity contribution in [2.45, 2.75) is 31.6 Å². The van der Waals surface area contributed by atoms with Gasteiger partial charge in [-0.15, -0.1) is 0 Å². The third-order valence-corrected chi connectivity index (χ3v) is 6.15. The number of benzene rings is 3. The summed E-state index contributed by atoms with van der Waals surface area (Å²) in [5.74, 6) is 0. The number of rotatable bonds is 5. The van der Waals surface area contributed by atoms with E-state index in [2.05, 4.69) is 9.72 Å². The summed E-state index contributed by atoms with van der Waals surface area (Å²) < 4.78 is 126. The summed E-state index contributed by atoms with van der Waals surface area (Å²) in [4.78, 5) is 17.6. The zero-order valence-corrected chi connectivity index (χ0v) is 21.0. The normalized spacial score (nSPS) is 12.4. The first kappa shape index (κ1) is 29.7. The van der Waals surface area contributed by atoms with E-state index in [0.717, 1.165) is 25.3 Å². The second kappa shape index (κ2) is 10.9. The monoisotopic (exact) mass is 586 g/mol.